The summed E-state index contributed by atoms with van der Waals surface area (Å²) < 4.78 is 0. The minimum absolute atomic E-state index is 0.404. The van der Waals surface area contributed by atoms with Gasteiger partial charge < -0.3 is 5.73 Å². The van der Waals surface area contributed by atoms with E-state index in [1.165, 1.54) is 24.8 Å². The molecule has 2 rings (SSSR count). The Labute approximate surface area is 86.3 Å². The van der Waals surface area contributed by atoms with Gasteiger partial charge in [0.1, 0.15) is 0 Å². The fraction of sp³-hybridized carbons (Fsp3) is 0.538. The highest BCUT2D eigenvalue weighted by Crippen LogP contribution is 2.50. The minimum Gasteiger partial charge on any atom is -0.330 e. The van der Waals surface area contributed by atoms with Crippen molar-refractivity contribution in [1.29, 1.82) is 0 Å². The molecule has 0 amide bonds. The lowest BCUT2D eigenvalue weighted by Gasteiger charge is -2.46. The summed E-state index contributed by atoms with van der Waals surface area (Å²) in [5.41, 5.74) is 7.75. The SMILES string of the molecule is CC(c1ccccc1)C1(CN)CCC1. The molecule has 1 aromatic carbocycles. The number of hydrogen-bond donors (Lipinski definition) is 1. The molecule has 0 aliphatic heterocycles. The van der Waals surface area contributed by atoms with Crippen LogP contribution in [0.4, 0.5) is 0 Å². The molecule has 1 aromatic rings. The summed E-state index contributed by atoms with van der Waals surface area (Å²) in [4.78, 5) is 0. The second-order valence-corrected chi connectivity index (χ2v) is 4.55. The Kier molecular flexibility index (Phi) is 2.60. The van der Waals surface area contributed by atoms with Crippen LogP contribution >= 0.6 is 0 Å². The molecule has 1 aliphatic rings. The Bertz CT molecular complexity index is 282. The van der Waals surface area contributed by atoms with Gasteiger partial charge in [-0.2, -0.15) is 0 Å². The first kappa shape index (κ1) is 9.72. The summed E-state index contributed by atoms with van der Waals surface area (Å²) in [7, 11) is 0. The molecule has 76 valence electrons. The van der Waals surface area contributed by atoms with Crippen LogP contribution in [0.15, 0.2) is 30.3 Å². The topological polar surface area (TPSA) is 26.0 Å². The van der Waals surface area contributed by atoms with Gasteiger partial charge in [0.25, 0.3) is 0 Å². The van der Waals surface area contributed by atoms with E-state index < -0.39 is 0 Å². The van der Waals surface area contributed by atoms with Crippen LogP contribution in [0.5, 0.6) is 0 Å². The molecule has 14 heavy (non-hydrogen) atoms. The Morgan fingerprint density at radius 2 is 1.93 bits per heavy atom. The van der Waals surface area contributed by atoms with Gasteiger partial charge >= 0.3 is 0 Å². The third-order valence-electron chi connectivity index (χ3n) is 3.97. The monoisotopic (exact) mass is 189 g/mol. The lowest BCUT2D eigenvalue weighted by atomic mass is 9.60. The van der Waals surface area contributed by atoms with Gasteiger partial charge in [-0.15, -0.1) is 0 Å². The molecule has 0 bridgehead atoms. The summed E-state index contributed by atoms with van der Waals surface area (Å²) in [6.45, 7) is 3.16. The molecule has 1 unspecified atom stereocenters. The Morgan fingerprint density at radius 1 is 1.29 bits per heavy atom. The summed E-state index contributed by atoms with van der Waals surface area (Å²) in [6.07, 6.45) is 3.97. The van der Waals surface area contributed by atoms with Crippen LogP contribution in [0, 0.1) is 5.41 Å². The number of nitrogens with two attached hydrogens (primary N) is 1. The molecule has 1 fully saturated rings. The molecule has 2 N–H and O–H groups in total. The van der Waals surface area contributed by atoms with Gasteiger partial charge in [-0.3, -0.25) is 0 Å². The van der Waals surface area contributed by atoms with E-state index in [0.717, 1.165) is 6.54 Å². The van der Waals surface area contributed by atoms with E-state index in [1.807, 2.05) is 0 Å². The van der Waals surface area contributed by atoms with Crippen molar-refractivity contribution in [3.05, 3.63) is 35.9 Å². The molecule has 1 heteroatoms. The van der Waals surface area contributed by atoms with Crippen LogP contribution in [0.25, 0.3) is 0 Å². The quantitative estimate of drug-likeness (QED) is 0.777. The molecule has 1 nitrogen and oxygen atoms in total. The van der Waals surface area contributed by atoms with Gasteiger partial charge in [-0.1, -0.05) is 43.7 Å². The van der Waals surface area contributed by atoms with Crippen molar-refractivity contribution >= 4 is 0 Å². The largest absolute Gasteiger partial charge is 0.330 e. The van der Waals surface area contributed by atoms with Crippen molar-refractivity contribution in [3.8, 4) is 0 Å². The maximum Gasteiger partial charge on any atom is -0.00148 e. The van der Waals surface area contributed by atoms with Crippen molar-refractivity contribution in [1.82, 2.24) is 0 Å². The highest BCUT2D eigenvalue weighted by atomic mass is 14.6. The average Bonchev–Trinajstić information content (AvgIpc) is 2.18. The highest BCUT2D eigenvalue weighted by molar-refractivity contribution is 5.22. The smallest absolute Gasteiger partial charge is 0.00148 e. The van der Waals surface area contributed by atoms with E-state index in [2.05, 4.69) is 37.3 Å². The highest BCUT2D eigenvalue weighted by Gasteiger charge is 2.40. The Hall–Kier alpha value is -0.820. The fourth-order valence-electron chi connectivity index (χ4n) is 2.54. The average molecular weight is 189 g/mol. The summed E-state index contributed by atoms with van der Waals surface area (Å²) in [6, 6.07) is 10.8. The number of hydrogen-bond acceptors (Lipinski definition) is 1. The van der Waals surface area contributed by atoms with Crippen molar-refractivity contribution < 1.29 is 0 Å². The van der Waals surface area contributed by atoms with Gasteiger partial charge in [0, 0.05) is 0 Å². The zero-order valence-electron chi connectivity index (χ0n) is 8.87. The molecule has 0 spiro atoms. The van der Waals surface area contributed by atoms with E-state index in [0.29, 0.717) is 11.3 Å². The standard InChI is InChI=1S/C13H19N/c1-11(12-6-3-2-4-7-12)13(10-14)8-5-9-13/h2-4,6-7,11H,5,8-10,14H2,1H3. The molecule has 0 radical (unpaired) electrons. The van der Waals surface area contributed by atoms with Crippen molar-refractivity contribution in [2.24, 2.45) is 11.1 Å². The Balaban J connectivity index is 2.19. The van der Waals surface area contributed by atoms with E-state index in [-0.39, 0.29) is 0 Å². The van der Waals surface area contributed by atoms with Crippen LogP contribution in [-0.2, 0) is 0 Å². The van der Waals surface area contributed by atoms with Crippen molar-refractivity contribution in [3.63, 3.8) is 0 Å². The first-order chi connectivity index (χ1) is 6.78. The molecule has 1 saturated carbocycles. The van der Waals surface area contributed by atoms with Crippen LogP contribution in [-0.4, -0.2) is 6.54 Å². The summed E-state index contributed by atoms with van der Waals surface area (Å²) in [5, 5.41) is 0. The third kappa shape index (κ3) is 1.46. The van der Waals surface area contributed by atoms with Crippen molar-refractivity contribution in [2.75, 3.05) is 6.54 Å². The lowest BCUT2D eigenvalue weighted by Crippen LogP contribution is -2.41. The van der Waals surface area contributed by atoms with E-state index in [1.54, 1.807) is 0 Å². The summed E-state index contributed by atoms with van der Waals surface area (Å²) in [5.74, 6) is 0.613. The van der Waals surface area contributed by atoms with Gasteiger partial charge in [-0.25, -0.2) is 0 Å². The lowest BCUT2D eigenvalue weighted by molar-refractivity contribution is 0.110. The third-order valence-corrected chi connectivity index (χ3v) is 3.97. The van der Waals surface area contributed by atoms with Crippen LogP contribution in [0.3, 0.4) is 0 Å². The maximum absolute atomic E-state index is 5.91. The van der Waals surface area contributed by atoms with Crippen LogP contribution in [0.2, 0.25) is 0 Å². The zero-order valence-corrected chi connectivity index (χ0v) is 8.87. The van der Waals surface area contributed by atoms with E-state index in [4.69, 9.17) is 5.73 Å². The van der Waals surface area contributed by atoms with E-state index in [9.17, 15) is 0 Å². The molecule has 0 saturated heterocycles. The normalized spacial score (nSPS) is 21.3. The van der Waals surface area contributed by atoms with Gasteiger partial charge in [-0.05, 0) is 36.3 Å². The predicted octanol–water partition coefficient (Wildman–Crippen LogP) is 2.92. The van der Waals surface area contributed by atoms with Gasteiger partial charge in [0.15, 0.2) is 0 Å². The minimum atomic E-state index is 0.404. The molecule has 1 atom stereocenters. The molecular formula is C13H19N. The van der Waals surface area contributed by atoms with Gasteiger partial charge in [0.2, 0.25) is 0 Å². The predicted molar refractivity (Wildman–Crippen MR) is 60.2 cm³/mol. The van der Waals surface area contributed by atoms with Crippen LogP contribution in [0.1, 0.15) is 37.7 Å². The summed E-state index contributed by atoms with van der Waals surface area (Å²) >= 11 is 0. The second-order valence-electron chi connectivity index (χ2n) is 4.55. The second kappa shape index (κ2) is 3.74. The first-order valence-corrected chi connectivity index (χ1v) is 5.53. The molecule has 0 aromatic heterocycles. The Morgan fingerprint density at radius 3 is 2.36 bits per heavy atom. The molecule has 0 heterocycles. The van der Waals surface area contributed by atoms with E-state index >= 15 is 0 Å². The van der Waals surface area contributed by atoms with Crippen LogP contribution < -0.4 is 5.73 Å². The van der Waals surface area contributed by atoms with Gasteiger partial charge in [0.05, 0.1) is 0 Å². The first-order valence-electron chi connectivity index (χ1n) is 5.53. The molecule has 1 aliphatic carbocycles. The fourth-order valence-corrected chi connectivity index (χ4v) is 2.54. The number of rotatable bonds is 3. The molecular weight excluding hydrogens is 170 g/mol. The number of benzene rings is 1. The maximum atomic E-state index is 5.91. The zero-order chi connectivity index (χ0) is 10.0. The van der Waals surface area contributed by atoms with Crippen molar-refractivity contribution in [2.45, 2.75) is 32.1 Å².